The molecule has 20 heavy (non-hydrogen) atoms. The van der Waals surface area contributed by atoms with Crippen molar-refractivity contribution in [2.45, 2.75) is 32.4 Å². The van der Waals surface area contributed by atoms with E-state index < -0.39 is 0 Å². The molecule has 1 atom stereocenters. The van der Waals surface area contributed by atoms with Crippen LogP contribution in [0.3, 0.4) is 0 Å². The molecule has 0 bridgehead atoms. The van der Waals surface area contributed by atoms with Gasteiger partial charge in [0.05, 0.1) is 0 Å². The lowest BCUT2D eigenvalue weighted by Crippen LogP contribution is -2.36. The highest BCUT2D eigenvalue weighted by Gasteiger charge is 2.19. The number of nitrogens with one attached hydrogen (secondary N) is 1. The predicted octanol–water partition coefficient (Wildman–Crippen LogP) is 1.69. The van der Waals surface area contributed by atoms with Gasteiger partial charge in [-0.2, -0.15) is 0 Å². The Hall–Kier alpha value is -1.59. The number of hydrogen-bond acceptors (Lipinski definition) is 4. The average Bonchev–Trinajstić information content (AvgIpc) is 2.53. The molecule has 4 N–H and O–H groups in total. The minimum atomic E-state index is 0.143. The molecule has 1 unspecified atom stereocenters. The molecule has 0 spiro atoms. The van der Waals surface area contributed by atoms with Crippen LogP contribution in [0.25, 0.3) is 0 Å². The normalized spacial score (nSPS) is 18.9. The molecule has 2 rings (SSSR count). The van der Waals surface area contributed by atoms with Crippen LogP contribution in [0.15, 0.2) is 29.4 Å². The molecule has 1 aromatic carbocycles. The maximum Gasteiger partial charge on any atom is 0.170 e. The molecule has 1 aliphatic heterocycles. The predicted molar refractivity (Wildman–Crippen MR) is 78.8 cm³/mol. The maximum absolute atomic E-state index is 8.70. The lowest BCUT2D eigenvalue weighted by Gasteiger charge is -2.28. The lowest BCUT2D eigenvalue weighted by atomic mass is 9.93. The Labute approximate surface area is 119 Å². The van der Waals surface area contributed by atoms with Crippen molar-refractivity contribution in [3.8, 4) is 0 Å². The highest BCUT2D eigenvalue weighted by atomic mass is 16.5. The van der Waals surface area contributed by atoms with Crippen LogP contribution in [0.1, 0.15) is 30.9 Å². The van der Waals surface area contributed by atoms with Crippen LogP contribution in [-0.2, 0) is 11.3 Å². The first-order chi connectivity index (χ1) is 9.70. The van der Waals surface area contributed by atoms with Crippen LogP contribution >= 0.6 is 0 Å². The van der Waals surface area contributed by atoms with E-state index in [1.807, 2.05) is 24.3 Å². The lowest BCUT2D eigenvalue weighted by molar-refractivity contribution is 0.0558. The molecule has 0 aromatic heterocycles. The molecule has 0 radical (unpaired) electrons. The summed E-state index contributed by atoms with van der Waals surface area (Å²) in [7, 11) is 0. The number of rotatable bonds is 5. The van der Waals surface area contributed by atoms with E-state index in [1.54, 1.807) is 0 Å². The van der Waals surface area contributed by atoms with Crippen molar-refractivity contribution in [2.24, 2.45) is 16.8 Å². The molecular weight excluding hydrogens is 254 g/mol. The summed E-state index contributed by atoms with van der Waals surface area (Å²) < 4.78 is 5.39. The van der Waals surface area contributed by atoms with Crippen LogP contribution in [0.2, 0.25) is 0 Å². The van der Waals surface area contributed by atoms with Crippen LogP contribution in [0, 0.1) is 5.92 Å². The van der Waals surface area contributed by atoms with Gasteiger partial charge in [0, 0.05) is 31.4 Å². The largest absolute Gasteiger partial charge is 0.409 e. The number of amidine groups is 1. The summed E-state index contributed by atoms with van der Waals surface area (Å²) in [5, 5.41) is 15.3. The molecule has 0 saturated carbocycles. The smallest absolute Gasteiger partial charge is 0.170 e. The Morgan fingerprint density at radius 3 is 2.95 bits per heavy atom. The third kappa shape index (κ3) is 3.95. The van der Waals surface area contributed by atoms with Gasteiger partial charge in [0.2, 0.25) is 0 Å². The van der Waals surface area contributed by atoms with Gasteiger partial charge in [-0.3, -0.25) is 0 Å². The van der Waals surface area contributed by atoms with E-state index in [4.69, 9.17) is 15.7 Å². The fraction of sp³-hybridized carbons (Fsp3) is 0.533. The van der Waals surface area contributed by atoms with E-state index in [0.29, 0.717) is 12.0 Å². The molecule has 1 fully saturated rings. The molecule has 1 aliphatic rings. The van der Waals surface area contributed by atoms with Crippen molar-refractivity contribution in [3.63, 3.8) is 0 Å². The number of nitrogens with zero attached hydrogens (tertiary/aromatic N) is 1. The second kappa shape index (κ2) is 7.26. The molecule has 0 amide bonds. The molecule has 110 valence electrons. The Morgan fingerprint density at radius 2 is 2.25 bits per heavy atom. The van der Waals surface area contributed by atoms with Gasteiger partial charge in [-0.25, -0.2) is 0 Å². The number of oxime groups is 1. The number of hydrogen-bond donors (Lipinski definition) is 3. The van der Waals surface area contributed by atoms with Crippen molar-refractivity contribution in [1.29, 1.82) is 0 Å². The number of ether oxygens (including phenoxy) is 1. The fourth-order valence-electron chi connectivity index (χ4n) is 2.56. The van der Waals surface area contributed by atoms with Crippen molar-refractivity contribution < 1.29 is 9.94 Å². The first-order valence-electron chi connectivity index (χ1n) is 7.08. The van der Waals surface area contributed by atoms with E-state index in [1.165, 1.54) is 0 Å². The van der Waals surface area contributed by atoms with Gasteiger partial charge in [-0.05, 0) is 37.3 Å². The summed E-state index contributed by atoms with van der Waals surface area (Å²) in [6, 6.07) is 8.20. The van der Waals surface area contributed by atoms with Gasteiger partial charge in [-0.15, -0.1) is 0 Å². The van der Waals surface area contributed by atoms with Crippen LogP contribution < -0.4 is 11.1 Å². The third-order valence-corrected chi connectivity index (χ3v) is 3.93. The van der Waals surface area contributed by atoms with Gasteiger partial charge in [0.15, 0.2) is 5.84 Å². The first kappa shape index (κ1) is 14.8. The topological polar surface area (TPSA) is 79.9 Å². The molecule has 5 heteroatoms. The standard InChI is InChI=1S/C15H23N3O2/c1-11(13-5-7-20-8-6-13)17-10-12-3-2-4-14(9-12)15(16)18-19/h2-4,9,11,13,17,19H,5-8,10H2,1H3,(H2,16,18). The zero-order valence-corrected chi connectivity index (χ0v) is 11.9. The highest BCUT2D eigenvalue weighted by molar-refractivity contribution is 5.97. The zero-order valence-electron chi connectivity index (χ0n) is 11.9. The summed E-state index contributed by atoms with van der Waals surface area (Å²) in [5.41, 5.74) is 7.48. The van der Waals surface area contributed by atoms with Crippen LogP contribution in [0.4, 0.5) is 0 Å². The van der Waals surface area contributed by atoms with Gasteiger partial charge in [0.1, 0.15) is 0 Å². The summed E-state index contributed by atoms with van der Waals surface area (Å²) in [4.78, 5) is 0. The quantitative estimate of drug-likeness (QED) is 0.331. The summed E-state index contributed by atoms with van der Waals surface area (Å²) in [5.74, 6) is 0.820. The molecule has 1 aromatic rings. The van der Waals surface area contributed by atoms with Crippen LogP contribution in [0.5, 0.6) is 0 Å². The second-order valence-electron chi connectivity index (χ2n) is 5.30. The highest BCUT2D eigenvalue weighted by Crippen LogP contribution is 2.18. The Morgan fingerprint density at radius 1 is 1.50 bits per heavy atom. The fourth-order valence-corrected chi connectivity index (χ4v) is 2.56. The van der Waals surface area contributed by atoms with E-state index in [0.717, 1.165) is 43.7 Å². The second-order valence-corrected chi connectivity index (χ2v) is 5.30. The number of nitrogens with two attached hydrogens (primary N) is 1. The molecular formula is C15H23N3O2. The van der Waals surface area contributed by atoms with E-state index >= 15 is 0 Å². The summed E-state index contributed by atoms with van der Waals surface area (Å²) in [6.45, 7) is 4.75. The Bertz CT molecular complexity index is 456. The summed E-state index contributed by atoms with van der Waals surface area (Å²) >= 11 is 0. The van der Waals surface area contributed by atoms with Crippen molar-refractivity contribution >= 4 is 5.84 Å². The van der Waals surface area contributed by atoms with Crippen LogP contribution in [-0.4, -0.2) is 30.3 Å². The Kier molecular flexibility index (Phi) is 5.38. The minimum Gasteiger partial charge on any atom is -0.409 e. The van der Waals surface area contributed by atoms with Gasteiger partial charge in [-0.1, -0.05) is 23.4 Å². The molecule has 1 saturated heterocycles. The van der Waals surface area contributed by atoms with Gasteiger partial charge < -0.3 is 21.0 Å². The third-order valence-electron chi connectivity index (χ3n) is 3.93. The average molecular weight is 277 g/mol. The van der Waals surface area contributed by atoms with E-state index in [-0.39, 0.29) is 5.84 Å². The van der Waals surface area contributed by atoms with Gasteiger partial charge in [0.25, 0.3) is 0 Å². The SMILES string of the molecule is CC(NCc1cccc(/C(N)=N/O)c1)C1CCOCC1. The zero-order chi connectivity index (χ0) is 14.4. The monoisotopic (exact) mass is 277 g/mol. The molecule has 0 aliphatic carbocycles. The summed E-state index contributed by atoms with van der Waals surface area (Å²) in [6.07, 6.45) is 2.25. The molecule has 1 heterocycles. The molecule has 5 nitrogen and oxygen atoms in total. The Balaban J connectivity index is 1.90. The first-order valence-corrected chi connectivity index (χ1v) is 7.08. The minimum absolute atomic E-state index is 0.143. The van der Waals surface area contributed by atoms with Crippen molar-refractivity contribution in [2.75, 3.05) is 13.2 Å². The maximum atomic E-state index is 8.70. The van der Waals surface area contributed by atoms with E-state index in [2.05, 4.69) is 17.4 Å². The van der Waals surface area contributed by atoms with E-state index in [9.17, 15) is 0 Å². The van der Waals surface area contributed by atoms with Gasteiger partial charge >= 0.3 is 0 Å². The van der Waals surface area contributed by atoms with Crippen molar-refractivity contribution in [1.82, 2.24) is 5.32 Å². The number of benzene rings is 1. The van der Waals surface area contributed by atoms with Crippen molar-refractivity contribution in [3.05, 3.63) is 35.4 Å².